The zero-order chi connectivity index (χ0) is 25.1. The first-order valence-corrected chi connectivity index (χ1v) is 11.5. The van der Waals surface area contributed by atoms with Crippen LogP contribution in [0.1, 0.15) is 77.1 Å². The molecule has 0 spiro atoms. The SMILES string of the molecule is C=C(CC(=O)Oc1c(-c2ccc(C)c(C)c2)cc(C(C)(C)C)cc1C(C)(C)C)C(=O)OCC. The van der Waals surface area contributed by atoms with Gasteiger partial charge in [-0.25, -0.2) is 4.79 Å². The second-order valence-electron chi connectivity index (χ2n) is 10.7. The lowest BCUT2D eigenvalue weighted by atomic mass is 9.78. The Morgan fingerprint density at radius 1 is 0.909 bits per heavy atom. The van der Waals surface area contributed by atoms with Crippen molar-refractivity contribution in [3.8, 4) is 16.9 Å². The lowest BCUT2D eigenvalue weighted by molar-refractivity contribution is -0.141. The molecule has 0 unspecified atom stereocenters. The van der Waals surface area contributed by atoms with E-state index in [-0.39, 0.29) is 29.4 Å². The molecule has 33 heavy (non-hydrogen) atoms. The largest absolute Gasteiger partial charge is 0.463 e. The molecule has 0 aliphatic carbocycles. The molecule has 0 heterocycles. The minimum Gasteiger partial charge on any atom is -0.463 e. The first kappa shape index (κ1) is 26.4. The van der Waals surface area contributed by atoms with Gasteiger partial charge in [0.1, 0.15) is 5.75 Å². The lowest BCUT2D eigenvalue weighted by Crippen LogP contribution is -2.21. The monoisotopic (exact) mass is 450 g/mol. The molecule has 2 rings (SSSR count). The number of carbonyl (C=O) groups is 2. The van der Waals surface area contributed by atoms with Crippen molar-refractivity contribution < 1.29 is 19.1 Å². The molecule has 0 aliphatic rings. The van der Waals surface area contributed by atoms with E-state index in [9.17, 15) is 9.59 Å². The summed E-state index contributed by atoms with van der Waals surface area (Å²) in [4.78, 5) is 24.8. The maximum Gasteiger partial charge on any atom is 0.333 e. The molecule has 2 aromatic rings. The Bertz CT molecular complexity index is 1060. The third kappa shape index (κ3) is 6.56. The fraction of sp³-hybridized carbons (Fsp3) is 0.448. The minimum atomic E-state index is -0.581. The normalized spacial score (nSPS) is 11.8. The number of carbonyl (C=O) groups excluding carboxylic acids is 2. The number of rotatable bonds is 6. The van der Waals surface area contributed by atoms with Crippen LogP contribution in [0.5, 0.6) is 5.75 Å². The van der Waals surface area contributed by atoms with E-state index in [0.717, 1.165) is 22.3 Å². The first-order valence-electron chi connectivity index (χ1n) is 11.5. The summed E-state index contributed by atoms with van der Waals surface area (Å²) in [5.41, 5.74) is 6.05. The molecule has 0 aliphatic heterocycles. The summed E-state index contributed by atoms with van der Waals surface area (Å²) in [6.07, 6.45) is -0.226. The standard InChI is InChI=1S/C29H38O4/c1-11-32-27(31)20(4)15-25(30)33-26-23(21-13-12-18(2)19(3)14-21)16-22(28(5,6)7)17-24(26)29(8,9)10/h12-14,16-17H,4,11,15H2,1-3,5-10H3. The minimum absolute atomic E-state index is 0.0817. The van der Waals surface area contributed by atoms with Crippen LogP contribution in [-0.2, 0) is 25.2 Å². The van der Waals surface area contributed by atoms with E-state index in [0.29, 0.717) is 5.75 Å². The number of hydrogen-bond donors (Lipinski definition) is 0. The van der Waals surface area contributed by atoms with Gasteiger partial charge < -0.3 is 9.47 Å². The zero-order valence-corrected chi connectivity index (χ0v) is 21.6. The van der Waals surface area contributed by atoms with Crippen molar-refractivity contribution in [3.63, 3.8) is 0 Å². The highest BCUT2D eigenvalue weighted by Gasteiger charge is 2.28. The van der Waals surface area contributed by atoms with E-state index < -0.39 is 11.9 Å². The fourth-order valence-corrected chi connectivity index (χ4v) is 3.48. The second-order valence-corrected chi connectivity index (χ2v) is 10.7. The molecular weight excluding hydrogens is 412 g/mol. The Kier molecular flexibility index (Phi) is 7.95. The van der Waals surface area contributed by atoms with Crippen LogP contribution >= 0.6 is 0 Å². The average Bonchev–Trinajstić information content (AvgIpc) is 2.68. The van der Waals surface area contributed by atoms with Crippen LogP contribution in [0.4, 0.5) is 0 Å². The number of benzene rings is 2. The van der Waals surface area contributed by atoms with Gasteiger partial charge >= 0.3 is 11.9 Å². The van der Waals surface area contributed by atoms with Crippen molar-refractivity contribution in [1.82, 2.24) is 0 Å². The molecule has 4 heteroatoms. The number of aryl methyl sites for hydroxylation is 2. The third-order valence-corrected chi connectivity index (χ3v) is 5.72. The van der Waals surface area contributed by atoms with E-state index in [1.165, 1.54) is 11.1 Å². The highest BCUT2D eigenvalue weighted by atomic mass is 16.5. The van der Waals surface area contributed by atoms with Gasteiger partial charge in [-0.3, -0.25) is 4.79 Å². The van der Waals surface area contributed by atoms with E-state index in [1.54, 1.807) is 6.92 Å². The molecule has 0 atom stereocenters. The zero-order valence-electron chi connectivity index (χ0n) is 21.6. The van der Waals surface area contributed by atoms with E-state index in [2.05, 4.69) is 92.3 Å². The van der Waals surface area contributed by atoms with Gasteiger partial charge in [0.2, 0.25) is 0 Å². The fourth-order valence-electron chi connectivity index (χ4n) is 3.48. The highest BCUT2D eigenvalue weighted by Crippen LogP contribution is 2.43. The van der Waals surface area contributed by atoms with Gasteiger partial charge in [-0.2, -0.15) is 0 Å². The van der Waals surface area contributed by atoms with Gasteiger partial charge in [0, 0.05) is 16.7 Å². The Morgan fingerprint density at radius 3 is 2.06 bits per heavy atom. The van der Waals surface area contributed by atoms with Crippen LogP contribution in [0, 0.1) is 13.8 Å². The van der Waals surface area contributed by atoms with Crippen LogP contribution in [0.15, 0.2) is 42.5 Å². The molecule has 0 amide bonds. The van der Waals surface area contributed by atoms with Gasteiger partial charge in [0.25, 0.3) is 0 Å². The van der Waals surface area contributed by atoms with Crippen molar-refractivity contribution in [2.75, 3.05) is 6.61 Å². The number of esters is 2. The quantitative estimate of drug-likeness (QED) is 0.271. The smallest absolute Gasteiger partial charge is 0.333 e. The number of ether oxygens (including phenoxy) is 2. The molecule has 0 saturated carbocycles. The van der Waals surface area contributed by atoms with Gasteiger partial charge in [0.15, 0.2) is 0 Å². The average molecular weight is 451 g/mol. The summed E-state index contributed by atoms with van der Waals surface area (Å²) in [6, 6.07) is 10.5. The van der Waals surface area contributed by atoms with Gasteiger partial charge in [-0.1, -0.05) is 72.4 Å². The molecule has 0 saturated heterocycles. The summed E-state index contributed by atoms with van der Waals surface area (Å²) < 4.78 is 10.9. The van der Waals surface area contributed by atoms with Crippen molar-refractivity contribution in [2.24, 2.45) is 0 Å². The van der Waals surface area contributed by atoms with Crippen molar-refractivity contribution in [3.05, 3.63) is 64.7 Å². The van der Waals surface area contributed by atoms with Crippen molar-refractivity contribution >= 4 is 11.9 Å². The predicted molar refractivity (Wildman–Crippen MR) is 135 cm³/mol. The summed E-state index contributed by atoms with van der Waals surface area (Å²) in [6.45, 7) is 22.6. The molecule has 0 bridgehead atoms. The summed E-state index contributed by atoms with van der Waals surface area (Å²) in [5, 5.41) is 0. The van der Waals surface area contributed by atoms with E-state index >= 15 is 0 Å². The summed E-state index contributed by atoms with van der Waals surface area (Å²) >= 11 is 0. The molecule has 0 radical (unpaired) electrons. The highest BCUT2D eigenvalue weighted by molar-refractivity contribution is 5.94. The maximum atomic E-state index is 12.9. The summed E-state index contributed by atoms with van der Waals surface area (Å²) in [5.74, 6) is -0.587. The van der Waals surface area contributed by atoms with Crippen molar-refractivity contribution in [2.45, 2.75) is 79.6 Å². The number of hydrogen-bond acceptors (Lipinski definition) is 4. The van der Waals surface area contributed by atoms with Crippen LogP contribution in [-0.4, -0.2) is 18.5 Å². The van der Waals surface area contributed by atoms with Gasteiger partial charge in [0.05, 0.1) is 13.0 Å². The molecule has 178 valence electrons. The van der Waals surface area contributed by atoms with E-state index in [1.807, 2.05) is 0 Å². The molecule has 0 fully saturated rings. The Balaban J connectivity index is 2.67. The third-order valence-electron chi connectivity index (χ3n) is 5.72. The van der Waals surface area contributed by atoms with E-state index in [4.69, 9.17) is 9.47 Å². The summed E-state index contributed by atoms with van der Waals surface area (Å²) in [7, 11) is 0. The van der Waals surface area contributed by atoms with Crippen LogP contribution in [0.2, 0.25) is 0 Å². The second kappa shape index (κ2) is 9.94. The van der Waals surface area contributed by atoms with Crippen LogP contribution in [0.3, 0.4) is 0 Å². The molecule has 2 aromatic carbocycles. The molecule has 0 aromatic heterocycles. The topological polar surface area (TPSA) is 52.6 Å². The predicted octanol–water partition coefficient (Wildman–Crippen LogP) is 6.98. The Labute approximate surface area is 199 Å². The van der Waals surface area contributed by atoms with Crippen LogP contribution < -0.4 is 4.74 Å². The first-order chi connectivity index (χ1) is 15.1. The molecular formula is C29H38O4. The van der Waals surface area contributed by atoms with Gasteiger partial charge in [-0.05, 0) is 59.9 Å². The Morgan fingerprint density at radius 2 is 1.55 bits per heavy atom. The van der Waals surface area contributed by atoms with Crippen LogP contribution in [0.25, 0.3) is 11.1 Å². The Hall–Kier alpha value is -2.88. The van der Waals surface area contributed by atoms with Crippen molar-refractivity contribution in [1.29, 1.82) is 0 Å². The molecule has 0 N–H and O–H groups in total. The maximum absolute atomic E-state index is 12.9. The molecule has 4 nitrogen and oxygen atoms in total. The van der Waals surface area contributed by atoms with Gasteiger partial charge in [-0.15, -0.1) is 0 Å². The lowest BCUT2D eigenvalue weighted by Gasteiger charge is -2.29.